The number of anilines is 3. The molecule has 2 heterocycles. The lowest BCUT2D eigenvalue weighted by molar-refractivity contribution is -0.117. The summed E-state index contributed by atoms with van der Waals surface area (Å²) < 4.78 is 10.9. The van der Waals surface area contributed by atoms with E-state index in [4.69, 9.17) is 21.1 Å². The first kappa shape index (κ1) is 29.4. The molecule has 0 N–H and O–H groups in total. The summed E-state index contributed by atoms with van der Waals surface area (Å²) in [6, 6.07) is 21.4. The Morgan fingerprint density at radius 1 is 0.952 bits per heavy atom. The number of carbonyl (C=O) groups is 1. The minimum atomic E-state index is -0.134. The number of rotatable bonds is 9. The van der Waals surface area contributed by atoms with Gasteiger partial charge in [0.05, 0.1) is 32.0 Å². The molecule has 3 aromatic carbocycles. The average Bonchev–Trinajstić information content (AvgIpc) is 3.00. The second-order valence-corrected chi connectivity index (χ2v) is 10.9. The Morgan fingerprint density at radius 3 is 2.40 bits per heavy atom. The van der Waals surface area contributed by atoms with Gasteiger partial charge >= 0.3 is 0 Å². The highest BCUT2D eigenvalue weighted by Crippen LogP contribution is 2.31. The van der Waals surface area contributed by atoms with E-state index in [-0.39, 0.29) is 12.3 Å². The average molecular weight is 586 g/mol. The van der Waals surface area contributed by atoms with E-state index in [0.29, 0.717) is 28.8 Å². The molecule has 1 aliphatic heterocycles. The molecule has 8 nitrogen and oxygen atoms in total. The number of benzene rings is 3. The van der Waals surface area contributed by atoms with E-state index in [9.17, 15) is 4.79 Å². The Hall–Kier alpha value is -4.14. The zero-order chi connectivity index (χ0) is 29.6. The molecule has 0 saturated carbocycles. The quantitative estimate of drug-likeness (QED) is 0.249. The lowest BCUT2D eigenvalue weighted by atomic mass is 10.0. The Kier molecular flexibility index (Phi) is 9.25. The predicted octanol–water partition coefficient (Wildman–Crippen LogP) is 5.71. The maximum Gasteiger partial charge on any atom is 0.237 e. The third-order valence-electron chi connectivity index (χ3n) is 7.71. The highest BCUT2D eigenvalue weighted by atomic mass is 35.5. The normalized spacial score (nSPS) is 13.6. The van der Waals surface area contributed by atoms with E-state index in [2.05, 4.69) is 38.9 Å². The molecule has 4 aromatic rings. The van der Waals surface area contributed by atoms with Gasteiger partial charge in [-0.1, -0.05) is 29.8 Å². The van der Waals surface area contributed by atoms with Crippen molar-refractivity contribution >= 4 is 34.7 Å². The monoisotopic (exact) mass is 585 g/mol. The predicted molar refractivity (Wildman–Crippen MR) is 168 cm³/mol. The first-order valence-electron chi connectivity index (χ1n) is 14.0. The second kappa shape index (κ2) is 13.2. The first-order valence-corrected chi connectivity index (χ1v) is 14.4. The summed E-state index contributed by atoms with van der Waals surface area (Å²) in [5.74, 6) is 1.78. The molecule has 0 unspecified atom stereocenters. The fraction of sp³-hybridized carbons (Fsp3) is 0.303. The van der Waals surface area contributed by atoms with Crippen molar-refractivity contribution in [3.8, 4) is 11.5 Å². The second-order valence-electron chi connectivity index (χ2n) is 10.5. The summed E-state index contributed by atoms with van der Waals surface area (Å²) in [7, 11) is 5.40. The van der Waals surface area contributed by atoms with Crippen molar-refractivity contribution in [3.05, 3.63) is 100 Å². The summed E-state index contributed by atoms with van der Waals surface area (Å²) >= 11 is 6.53. The Labute approximate surface area is 252 Å². The molecule has 0 spiro atoms. The van der Waals surface area contributed by atoms with Crippen LogP contribution < -0.4 is 19.3 Å². The lowest BCUT2D eigenvalue weighted by Crippen LogP contribution is -2.44. The molecular weight excluding hydrogens is 550 g/mol. The molecule has 42 heavy (non-hydrogen) atoms. The van der Waals surface area contributed by atoms with E-state index >= 15 is 0 Å². The highest BCUT2D eigenvalue weighted by molar-refractivity contribution is 6.31. The summed E-state index contributed by atoms with van der Waals surface area (Å²) in [6.45, 7) is 5.94. The van der Waals surface area contributed by atoms with Crippen molar-refractivity contribution in [1.82, 2.24) is 14.9 Å². The SMILES string of the molecule is COc1ccc(Cc2cc(N(C(=O)Cc3c(C)cccc3Cl)c3ccc(N4CCN(C)CC4)cc3)ncn2)c(OC)c1. The van der Waals surface area contributed by atoms with Gasteiger partial charge < -0.3 is 19.3 Å². The minimum Gasteiger partial charge on any atom is -0.497 e. The molecule has 1 amide bonds. The van der Waals surface area contributed by atoms with Gasteiger partial charge in [0.15, 0.2) is 0 Å². The van der Waals surface area contributed by atoms with Crippen LogP contribution in [0, 0.1) is 6.92 Å². The molecule has 0 atom stereocenters. The molecule has 1 fully saturated rings. The van der Waals surface area contributed by atoms with Crippen molar-refractivity contribution in [3.63, 3.8) is 0 Å². The number of methoxy groups -OCH3 is 2. The summed E-state index contributed by atoms with van der Waals surface area (Å²) in [6.07, 6.45) is 2.13. The number of hydrogen-bond acceptors (Lipinski definition) is 7. The molecule has 5 rings (SSSR count). The summed E-state index contributed by atoms with van der Waals surface area (Å²) in [5.41, 5.74) is 5.34. The van der Waals surface area contributed by atoms with Gasteiger partial charge in [0, 0.05) is 61.0 Å². The third kappa shape index (κ3) is 6.66. The zero-order valence-corrected chi connectivity index (χ0v) is 25.3. The molecular formula is C33H36ClN5O3. The van der Waals surface area contributed by atoms with Crippen LogP contribution in [0.4, 0.5) is 17.2 Å². The van der Waals surface area contributed by atoms with Crippen molar-refractivity contribution in [1.29, 1.82) is 0 Å². The molecule has 1 aliphatic rings. The Morgan fingerprint density at radius 2 is 1.71 bits per heavy atom. The fourth-order valence-electron chi connectivity index (χ4n) is 5.20. The van der Waals surface area contributed by atoms with Gasteiger partial charge in [-0.15, -0.1) is 0 Å². The van der Waals surface area contributed by atoms with E-state index < -0.39 is 0 Å². The van der Waals surface area contributed by atoms with E-state index in [1.54, 1.807) is 19.1 Å². The third-order valence-corrected chi connectivity index (χ3v) is 8.07. The number of hydrogen-bond donors (Lipinski definition) is 0. The number of nitrogens with zero attached hydrogens (tertiary/aromatic N) is 5. The number of carbonyl (C=O) groups excluding carboxylic acids is 1. The van der Waals surface area contributed by atoms with Gasteiger partial charge in [-0.2, -0.15) is 0 Å². The van der Waals surface area contributed by atoms with Gasteiger partial charge in [0.25, 0.3) is 0 Å². The Bertz CT molecular complexity index is 1520. The van der Waals surface area contributed by atoms with Crippen molar-refractivity contribution in [2.75, 3.05) is 57.2 Å². The Balaban J connectivity index is 1.48. The standard InChI is InChI=1S/C33H36ClN5O3/c1-23-6-5-7-30(34)29(23)21-33(40)39(27-11-9-26(10-12-27)38-16-14-37(2)15-17-38)32-19-25(35-22-36-32)18-24-8-13-28(41-3)20-31(24)42-4/h5-13,19-20,22H,14-18,21H2,1-4H3. The number of halogens is 1. The van der Waals surface area contributed by atoms with Crippen molar-refractivity contribution in [2.45, 2.75) is 19.8 Å². The lowest BCUT2D eigenvalue weighted by Gasteiger charge is -2.34. The summed E-state index contributed by atoms with van der Waals surface area (Å²) in [4.78, 5) is 29.5. The molecule has 9 heteroatoms. The number of ether oxygens (including phenoxy) is 2. The van der Waals surface area contributed by atoms with Crippen LogP contribution in [0.1, 0.15) is 22.4 Å². The van der Waals surface area contributed by atoms with Crippen LogP contribution in [0.2, 0.25) is 5.02 Å². The molecule has 218 valence electrons. The van der Waals surface area contributed by atoms with Crippen LogP contribution in [0.3, 0.4) is 0 Å². The van der Waals surface area contributed by atoms with Crippen LogP contribution in [-0.4, -0.2) is 68.2 Å². The maximum absolute atomic E-state index is 14.0. The van der Waals surface area contributed by atoms with Crippen LogP contribution >= 0.6 is 11.6 Å². The van der Waals surface area contributed by atoms with Gasteiger partial charge in [0.2, 0.25) is 5.91 Å². The number of piperazine rings is 1. The van der Waals surface area contributed by atoms with Crippen LogP contribution in [-0.2, 0) is 17.6 Å². The van der Waals surface area contributed by atoms with Crippen LogP contribution in [0.5, 0.6) is 11.5 Å². The molecule has 0 aliphatic carbocycles. The number of amides is 1. The van der Waals surface area contributed by atoms with Crippen molar-refractivity contribution in [2.24, 2.45) is 0 Å². The summed E-state index contributed by atoms with van der Waals surface area (Å²) in [5, 5.41) is 0.573. The van der Waals surface area contributed by atoms with E-state index in [1.807, 2.05) is 61.5 Å². The van der Waals surface area contributed by atoms with Crippen LogP contribution in [0.15, 0.2) is 73.1 Å². The minimum absolute atomic E-state index is 0.134. The smallest absolute Gasteiger partial charge is 0.237 e. The van der Waals surface area contributed by atoms with Crippen LogP contribution in [0.25, 0.3) is 0 Å². The van der Waals surface area contributed by atoms with Gasteiger partial charge in [-0.05, 0) is 61.5 Å². The zero-order valence-electron chi connectivity index (χ0n) is 24.5. The van der Waals surface area contributed by atoms with Gasteiger partial charge in [0.1, 0.15) is 23.6 Å². The van der Waals surface area contributed by atoms with Crippen molar-refractivity contribution < 1.29 is 14.3 Å². The number of likely N-dealkylation sites (N-methyl/N-ethyl adjacent to an activating group) is 1. The number of aryl methyl sites for hydroxylation is 1. The topological polar surface area (TPSA) is 71.0 Å². The van der Waals surface area contributed by atoms with Gasteiger partial charge in [-0.3, -0.25) is 9.69 Å². The molecule has 0 bridgehead atoms. The van der Waals surface area contributed by atoms with E-state index in [0.717, 1.165) is 59.9 Å². The van der Waals surface area contributed by atoms with Gasteiger partial charge in [-0.25, -0.2) is 9.97 Å². The molecule has 0 radical (unpaired) electrons. The molecule has 1 saturated heterocycles. The maximum atomic E-state index is 14.0. The van der Waals surface area contributed by atoms with E-state index in [1.165, 1.54) is 6.33 Å². The largest absolute Gasteiger partial charge is 0.497 e. The number of aromatic nitrogens is 2. The fourth-order valence-corrected chi connectivity index (χ4v) is 5.49. The molecule has 1 aromatic heterocycles. The highest BCUT2D eigenvalue weighted by Gasteiger charge is 2.23. The first-order chi connectivity index (χ1) is 20.4.